The number of halogens is 1. The van der Waals surface area contributed by atoms with E-state index >= 15 is 0 Å². The van der Waals surface area contributed by atoms with E-state index in [0.29, 0.717) is 17.0 Å². The highest BCUT2D eigenvalue weighted by Crippen LogP contribution is 2.37. The lowest BCUT2D eigenvalue weighted by atomic mass is 9.91. The van der Waals surface area contributed by atoms with Gasteiger partial charge in [0.15, 0.2) is 5.76 Å². The van der Waals surface area contributed by atoms with Crippen LogP contribution in [-0.2, 0) is 10.0 Å². The van der Waals surface area contributed by atoms with Crippen molar-refractivity contribution in [3.63, 3.8) is 0 Å². The van der Waals surface area contributed by atoms with Gasteiger partial charge in [0.05, 0.1) is 7.11 Å². The average Bonchev–Trinajstić information content (AvgIpc) is 3.00. The fraction of sp³-hybridized carbons (Fsp3) is 0.318. The summed E-state index contributed by atoms with van der Waals surface area (Å²) in [6, 6.07) is 7.69. The van der Waals surface area contributed by atoms with Gasteiger partial charge in [-0.05, 0) is 75.1 Å². The van der Waals surface area contributed by atoms with Crippen LogP contribution in [0, 0.1) is 33.5 Å². The van der Waals surface area contributed by atoms with Crippen molar-refractivity contribution in [2.75, 3.05) is 7.11 Å². The predicted octanol–water partition coefficient (Wildman–Crippen LogP) is 4.76. The van der Waals surface area contributed by atoms with E-state index < -0.39 is 16.1 Å². The van der Waals surface area contributed by atoms with E-state index in [2.05, 4.69) is 9.88 Å². The number of hydrogen-bond acceptors (Lipinski definition) is 5. The molecule has 1 atom stereocenters. The molecule has 30 heavy (non-hydrogen) atoms. The van der Waals surface area contributed by atoms with Crippen LogP contribution in [-0.4, -0.2) is 20.7 Å². The summed E-state index contributed by atoms with van der Waals surface area (Å²) < 4.78 is 52.6. The van der Waals surface area contributed by atoms with Gasteiger partial charge in [-0.3, -0.25) is 0 Å². The Morgan fingerprint density at radius 2 is 1.73 bits per heavy atom. The maximum Gasteiger partial charge on any atom is 0.246 e. The first kappa shape index (κ1) is 22.0. The molecule has 1 N–H and O–H groups in total. The van der Waals surface area contributed by atoms with Crippen LogP contribution in [0.15, 0.2) is 39.8 Å². The standard InChI is InChI=1S/C22H25FN2O4S/c1-12-9-17(14(3)25-30(26,27)22-15(4)24-29-16(22)5)10-13(2)21(12)19-11-18(23)7-8-20(19)28-6/h7-11,14,25H,1-6H3. The molecule has 0 spiro atoms. The van der Waals surface area contributed by atoms with Gasteiger partial charge in [0, 0.05) is 11.6 Å². The summed E-state index contributed by atoms with van der Waals surface area (Å²) in [5.74, 6) is 0.463. The SMILES string of the molecule is COc1ccc(F)cc1-c1c(C)cc(C(C)NS(=O)(=O)c2c(C)noc2C)cc1C. The fourth-order valence-corrected chi connectivity index (χ4v) is 5.33. The van der Waals surface area contributed by atoms with Crippen LogP contribution in [0.1, 0.15) is 41.1 Å². The van der Waals surface area contributed by atoms with Crippen LogP contribution in [0.5, 0.6) is 5.75 Å². The summed E-state index contributed by atoms with van der Waals surface area (Å²) in [5.41, 5.74) is 4.39. The number of sulfonamides is 1. The topological polar surface area (TPSA) is 81.4 Å². The Morgan fingerprint density at radius 1 is 1.10 bits per heavy atom. The minimum atomic E-state index is -3.81. The number of ether oxygens (including phenoxy) is 1. The largest absolute Gasteiger partial charge is 0.496 e. The van der Waals surface area contributed by atoms with E-state index in [1.165, 1.54) is 12.1 Å². The molecule has 0 aliphatic heterocycles. The molecule has 0 fully saturated rings. The van der Waals surface area contributed by atoms with E-state index in [9.17, 15) is 12.8 Å². The lowest BCUT2D eigenvalue weighted by molar-refractivity contribution is 0.390. The zero-order chi connectivity index (χ0) is 22.2. The van der Waals surface area contributed by atoms with Crippen molar-refractivity contribution in [1.29, 1.82) is 0 Å². The van der Waals surface area contributed by atoms with Crippen molar-refractivity contribution in [1.82, 2.24) is 9.88 Å². The highest BCUT2D eigenvalue weighted by atomic mass is 32.2. The quantitative estimate of drug-likeness (QED) is 0.607. The molecule has 6 nitrogen and oxygen atoms in total. The zero-order valence-electron chi connectivity index (χ0n) is 17.8. The monoisotopic (exact) mass is 432 g/mol. The van der Waals surface area contributed by atoms with Gasteiger partial charge in [-0.25, -0.2) is 17.5 Å². The van der Waals surface area contributed by atoms with Gasteiger partial charge < -0.3 is 9.26 Å². The first-order chi connectivity index (χ1) is 14.0. The Morgan fingerprint density at radius 3 is 2.27 bits per heavy atom. The molecule has 0 aliphatic rings. The molecule has 2 aromatic carbocycles. The van der Waals surface area contributed by atoms with Crippen molar-refractivity contribution >= 4 is 10.0 Å². The van der Waals surface area contributed by atoms with E-state index in [1.54, 1.807) is 33.9 Å². The molecule has 3 aromatic rings. The number of methoxy groups -OCH3 is 1. The van der Waals surface area contributed by atoms with Crippen LogP contribution in [0.2, 0.25) is 0 Å². The van der Waals surface area contributed by atoms with Crippen LogP contribution in [0.25, 0.3) is 11.1 Å². The first-order valence-electron chi connectivity index (χ1n) is 9.45. The summed E-state index contributed by atoms with van der Waals surface area (Å²) in [5, 5.41) is 3.72. The number of nitrogens with zero attached hydrogens (tertiary/aromatic N) is 1. The van der Waals surface area contributed by atoms with E-state index in [-0.39, 0.29) is 16.5 Å². The van der Waals surface area contributed by atoms with E-state index in [1.807, 2.05) is 26.0 Å². The van der Waals surface area contributed by atoms with Crippen molar-refractivity contribution in [2.24, 2.45) is 0 Å². The minimum Gasteiger partial charge on any atom is -0.496 e. The third-order valence-electron chi connectivity index (χ3n) is 5.05. The van der Waals surface area contributed by atoms with Crippen molar-refractivity contribution in [2.45, 2.75) is 45.6 Å². The molecule has 3 rings (SSSR count). The third-order valence-corrected chi connectivity index (χ3v) is 6.84. The molecular formula is C22H25FN2O4S. The smallest absolute Gasteiger partial charge is 0.246 e. The molecule has 0 aliphatic carbocycles. The maximum absolute atomic E-state index is 13.9. The molecule has 1 unspecified atom stereocenters. The summed E-state index contributed by atoms with van der Waals surface area (Å²) in [6.07, 6.45) is 0. The minimum absolute atomic E-state index is 0.0592. The number of aryl methyl sites for hydroxylation is 4. The summed E-state index contributed by atoms with van der Waals surface area (Å²) in [7, 11) is -2.26. The van der Waals surface area contributed by atoms with Gasteiger partial charge >= 0.3 is 0 Å². The predicted molar refractivity (Wildman–Crippen MR) is 113 cm³/mol. The molecule has 0 amide bonds. The number of aromatic nitrogens is 1. The van der Waals surface area contributed by atoms with Gasteiger partial charge in [0.25, 0.3) is 0 Å². The highest BCUT2D eigenvalue weighted by Gasteiger charge is 2.26. The Bertz CT molecular complexity index is 1160. The number of nitrogens with one attached hydrogen (secondary N) is 1. The molecule has 0 radical (unpaired) electrons. The lowest BCUT2D eigenvalue weighted by Crippen LogP contribution is -2.27. The number of benzene rings is 2. The number of rotatable bonds is 6. The molecule has 8 heteroatoms. The van der Waals surface area contributed by atoms with Crippen LogP contribution >= 0.6 is 0 Å². The van der Waals surface area contributed by atoms with Crippen molar-refractivity contribution in [3.8, 4) is 16.9 Å². The van der Waals surface area contributed by atoms with Gasteiger partial charge in [-0.15, -0.1) is 0 Å². The molecule has 0 saturated heterocycles. The third kappa shape index (κ3) is 4.11. The summed E-state index contributed by atoms with van der Waals surface area (Å²) in [6.45, 7) is 8.74. The number of hydrogen-bond donors (Lipinski definition) is 1. The molecular weight excluding hydrogens is 407 g/mol. The Balaban J connectivity index is 1.99. The Labute approximate surface area is 176 Å². The van der Waals surface area contributed by atoms with E-state index in [0.717, 1.165) is 22.3 Å². The highest BCUT2D eigenvalue weighted by molar-refractivity contribution is 7.89. The molecule has 1 aromatic heterocycles. The second-order valence-corrected chi connectivity index (χ2v) is 9.02. The van der Waals surface area contributed by atoms with Gasteiger partial charge in [0.1, 0.15) is 22.2 Å². The molecule has 0 saturated carbocycles. The first-order valence-corrected chi connectivity index (χ1v) is 10.9. The van der Waals surface area contributed by atoms with Gasteiger partial charge in [0.2, 0.25) is 10.0 Å². The molecule has 0 bridgehead atoms. The normalized spacial score (nSPS) is 12.8. The van der Waals surface area contributed by atoms with Crippen molar-refractivity contribution < 1.29 is 22.1 Å². The lowest BCUT2D eigenvalue weighted by Gasteiger charge is -2.19. The Kier molecular flexibility index (Phi) is 6.01. The summed E-state index contributed by atoms with van der Waals surface area (Å²) in [4.78, 5) is 0.0592. The molecule has 160 valence electrons. The second-order valence-electron chi connectivity index (χ2n) is 7.37. The van der Waals surface area contributed by atoms with Crippen molar-refractivity contribution in [3.05, 3.63) is 64.3 Å². The second kappa shape index (κ2) is 8.20. The van der Waals surface area contributed by atoms with E-state index in [4.69, 9.17) is 9.26 Å². The fourth-order valence-electron chi connectivity index (χ4n) is 3.77. The summed E-state index contributed by atoms with van der Waals surface area (Å²) >= 11 is 0. The van der Waals surface area contributed by atoms with Gasteiger partial charge in [-0.1, -0.05) is 17.3 Å². The average molecular weight is 433 g/mol. The van der Waals surface area contributed by atoms with Gasteiger partial charge in [-0.2, -0.15) is 0 Å². The Hall–Kier alpha value is -2.71. The molecule has 1 heterocycles. The van der Waals surface area contributed by atoms with Crippen LogP contribution in [0.4, 0.5) is 4.39 Å². The van der Waals surface area contributed by atoms with Crippen LogP contribution in [0.3, 0.4) is 0 Å². The van der Waals surface area contributed by atoms with Crippen LogP contribution < -0.4 is 9.46 Å². The maximum atomic E-state index is 13.9. The zero-order valence-corrected chi connectivity index (χ0v) is 18.6.